The van der Waals surface area contributed by atoms with Gasteiger partial charge in [-0.05, 0) is 79.5 Å². The summed E-state index contributed by atoms with van der Waals surface area (Å²) in [6, 6.07) is 5.44. The molecule has 0 unspecified atom stereocenters. The van der Waals surface area contributed by atoms with Gasteiger partial charge in [0, 0.05) is 24.2 Å². The van der Waals surface area contributed by atoms with Crippen molar-refractivity contribution in [1.82, 2.24) is 30.2 Å². The molecule has 0 saturated heterocycles. The fourth-order valence-electron chi connectivity index (χ4n) is 3.41. The van der Waals surface area contributed by atoms with E-state index < -0.39 is 11.7 Å². The lowest BCUT2D eigenvalue weighted by Crippen LogP contribution is -2.40. The zero-order valence-corrected chi connectivity index (χ0v) is 21.1. The third kappa shape index (κ3) is 6.55. The molecule has 0 aliphatic heterocycles. The number of aromatic nitrogens is 4. The molecule has 0 atom stereocenters. The molecule has 0 saturated carbocycles. The van der Waals surface area contributed by atoms with Crippen LogP contribution in [-0.2, 0) is 4.74 Å². The predicted octanol–water partition coefficient (Wildman–Crippen LogP) is 3.83. The summed E-state index contributed by atoms with van der Waals surface area (Å²) in [5.74, 6) is 1.18. The van der Waals surface area contributed by atoms with Crippen molar-refractivity contribution in [2.24, 2.45) is 0 Å². The summed E-state index contributed by atoms with van der Waals surface area (Å²) in [6.07, 6.45) is 1.17. The largest absolute Gasteiger partial charge is 0.444 e. The standard InChI is InChI=1S/C24H35N7O3/c1-15-29-30-20-19(25-12-8-9-13-26-22(33)34-24(5,6)7)27-17-14-16(10-11-18(17)31(15)20)21(32)28-23(2,3)4/h10-11,14H,8-9,12-13H2,1-7H3,(H,25,27)(H,26,33)(H,28,32). The number of rotatable bonds is 7. The average molecular weight is 470 g/mol. The van der Waals surface area contributed by atoms with E-state index in [0.29, 0.717) is 35.6 Å². The molecule has 0 aliphatic carbocycles. The summed E-state index contributed by atoms with van der Waals surface area (Å²) >= 11 is 0. The molecular formula is C24H35N7O3. The van der Waals surface area contributed by atoms with Crippen molar-refractivity contribution in [1.29, 1.82) is 0 Å². The van der Waals surface area contributed by atoms with Crippen LogP contribution in [0, 0.1) is 6.92 Å². The highest BCUT2D eigenvalue weighted by Crippen LogP contribution is 2.23. The van der Waals surface area contributed by atoms with Crippen LogP contribution in [0.5, 0.6) is 0 Å². The van der Waals surface area contributed by atoms with E-state index in [9.17, 15) is 9.59 Å². The minimum absolute atomic E-state index is 0.149. The number of aryl methyl sites for hydroxylation is 1. The summed E-state index contributed by atoms with van der Waals surface area (Å²) in [6.45, 7) is 14.4. The van der Waals surface area contributed by atoms with Crippen LogP contribution in [0.4, 0.5) is 10.6 Å². The Bertz CT molecular complexity index is 1190. The van der Waals surface area contributed by atoms with Crippen molar-refractivity contribution in [3.05, 3.63) is 29.6 Å². The van der Waals surface area contributed by atoms with Gasteiger partial charge in [-0.2, -0.15) is 0 Å². The second-order valence-corrected chi connectivity index (χ2v) is 10.3. The van der Waals surface area contributed by atoms with Crippen LogP contribution in [0.25, 0.3) is 16.7 Å². The molecule has 2 amide bonds. The second-order valence-electron chi connectivity index (χ2n) is 10.3. The fourth-order valence-corrected chi connectivity index (χ4v) is 3.41. The highest BCUT2D eigenvalue weighted by Gasteiger charge is 2.18. The van der Waals surface area contributed by atoms with Crippen LogP contribution in [0.3, 0.4) is 0 Å². The normalized spacial score (nSPS) is 12.1. The van der Waals surface area contributed by atoms with Crippen molar-refractivity contribution < 1.29 is 14.3 Å². The van der Waals surface area contributed by atoms with Gasteiger partial charge >= 0.3 is 6.09 Å². The van der Waals surface area contributed by atoms with Crippen LogP contribution in [0.15, 0.2) is 18.2 Å². The summed E-state index contributed by atoms with van der Waals surface area (Å²) in [4.78, 5) is 29.1. The van der Waals surface area contributed by atoms with Crippen LogP contribution in [-0.4, -0.2) is 55.8 Å². The summed E-state index contributed by atoms with van der Waals surface area (Å²) in [7, 11) is 0. The minimum Gasteiger partial charge on any atom is -0.444 e. The third-order valence-corrected chi connectivity index (χ3v) is 4.80. The van der Waals surface area contributed by atoms with Gasteiger partial charge in [0.25, 0.3) is 5.91 Å². The maximum absolute atomic E-state index is 12.6. The van der Waals surface area contributed by atoms with Gasteiger partial charge in [0.05, 0.1) is 11.0 Å². The first-order chi connectivity index (χ1) is 15.8. The SMILES string of the molecule is Cc1nnc2c(NCCCCNC(=O)OC(C)(C)C)nc3cc(C(=O)NC(C)(C)C)ccc3n12. The number of ether oxygens (including phenoxy) is 1. The van der Waals surface area contributed by atoms with E-state index in [-0.39, 0.29) is 11.4 Å². The van der Waals surface area contributed by atoms with Crippen LogP contribution in [0.1, 0.15) is 70.6 Å². The number of carbonyl (C=O) groups excluding carboxylic acids is 2. The Hall–Kier alpha value is -3.43. The molecule has 3 N–H and O–H groups in total. The number of alkyl carbamates (subject to hydrolysis) is 1. The zero-order valence-electron chi connectivity index (χ0n) is 21.1. The number of fused-ring (bicyclic) bond motifs is 3. The topological polar surface area (TPSA) is 123 Å². The molecule has 0 radical (unpaired) electrons. The molecule has 184 valence electrons. The highest BCUT2D eigenvalue weighted by atomic mass is 16.6. The van der Waals surface area contributed by atoms with Crippen molar-refractivity contribution in [3.63, 3.8) is 0 Å². The number of unbranched alkanes of at least 4 members (excludes halogenated alkanes) is 1. The van der Waals surface area contributed by atoms with Crippen LogP contribution in [0.2, 0.25) is 0 Å². The van der Waals surface area contributed by atoms with E-state index in [1.54, 1.807) is 12.1 Å². The third-order valence-electron chi connectivity index (χ3n) is 4.80. The van der Waals surface area contributed by atoms with E-state index in [1.165, 1.54) is 0 Å². The summed E-state index contributed by atoms with van der Waals surface area (Å²) < 4.78 is 7.17. The molecule has 0 aliphatic rings. The van der Waals surface area contributed by atoms with Gasteiger partial charge in [-0.1, -0.05) is 0 Å². The lowest BCUT2D eigenvalue weighted by atomic mass is 10.1. The molecule has 10 nitrogen and oxygen atoms in total. The molecule has 3 aromatic rings. The Morgan fingerprint density at radius 3 is 2.41 bits per heavy atom. The molecule has 10 heteroatoms. The number of hydrogen-bond acceptors (Lipinski definition) is 7. The number of nitrogens with one attached hydrogen (secondary N) is 3. The van der Waals surface area contributed by atoms with Gasteiger partial charge in [-0.15, -0.1) is 10.2 Å². The predicted molar refractivity (Wildman–Crippen MR) is 132 cm³/mol. The molecule has 2 heterocycles. The Kier molecular flexibility index (Phi) is 7.28. The van der Waals surface area contributed by atoms with Gasteiger partial charge in [0.2, 0.25) is 5.65 Å². The average Bonchev–Trinajstić information content (AvgIpc) is 3.09. The van der Waals surface area contributed by atoms with Gasteiger partial charge < -0.3 is 20.7 Å². The first-order valence-electron chi connectivity index (χ1n) is 11.5. The molecule has 0 spiro atoms. The first kappa shape index (κ1) is 25.2. The van der Waals surface area contributed by atoms with Crippen molar-refractivity contribution in [2.45, 2.75) is 72.4 Å². The quantitative estimate of drug-likeness (QED) is 0.449. The maximum Gasteiger partial charge on any atom is 0.407 e. The van der Waals surface area contributed by atoms with E-state index in [1.807, 2.05) is 58.9 Å². The highest BCUT2D eigenvalue weighted by molar-refractivity contribution is 5.98. The monoisotopic (exact) mass is 469 g/mol. The van der Waals surface area contributed by atoms with Crippen LogP contribution >= 0.6 is 0 Å². The zero-order chi connectivity index (χ0) is 25.1. The van der Waals surface area contributed by atoms with E-state index in [4.69, 9.17) is 9.72 Å². The number of anilines is 1. The lowest BCUT2D eigenvalue weighted by Gasteiger charge is -2.20. The number of benzene rings is 1. The number of carbonyl (C=O) groups is 2. The van der Waals surface area contributed by atoms with E-state index >= 15 is 0 Å². The Labute approximate surface area is 199 Å². The lowest BCUT2D eigenvalue weighted by molar-refractivity contribution is 0.0527. The molecule has 2 aromatic heterocycles. The van der Waals surface area contributed by atoms with Gasteiger partial charge in [-0.25, -0.2) is 9.78 Å². The van der Waals surface area contributed by atoms with Gasteiger partial charge in [0.1, 0.15) is 11.4 Å². The molecule has 34 heavy (non-hydrogen) atoms. The number of nitrogens with zero attached hydrogens (tertiary/aromatic N) is 4. The van der Waals surface area contributed by atoms with Crippen molar-refractivity contribution >= 4 is 34.5 Å². The van der Waals surface area contributed by atoms with Crippen LogP contribution < -0.4 is 16.0 Å². The molecule has 1 aromatic carbocycles. The summed E-state index contributed by atoms with van der Waals surface area (Å²) in [5.41, 5.74) is 1.83. The molecule has 0 bridgehead atoms. The molecular weight excluding hydrogens is 434 g/mol. The summed E-state index contributed by atoms with van der Waals surface area (Å²) in [5, 5.41) is 17.6. The van der Waals surface area contributed by atoms with Gasteiger partial charge in [0.15, 0.2) is 5.82 Å². The number of hydrogen-bond donors (Lipinski definition) is 3. The number of amides is 2. The molecule has 3 rings (SSSR count). The van der Waals surface area contributed by atoms with E-state index in [0.717, 1.165) is 24.2 Å². The Morgan fingerprint density at radius 1 is 1.03 bits per heavy atom. The Morgan fingerprint density at radius 2 is 1.74 bits per heavy atom. The molecule has 0 fully saturated rings. The van der Waals surface area contributed by atoms with Crippen molar-refractivity contribution in [3.8, 4) is 0 Å². The minimum atomic E-state index is -0.511. The van der Waals surface area contributed by atoms with Crippen molar-refractivity contribution in [2.75, 3.05) is 18.4 Å². The smallest absolute Gasteiger partial charge is 0.407 e. The van der Waals surface area contributed by atoms with Gasteiger partial charge in [-0.3, -0.25) is 9.20 Å². The van der Waals surface area contributed by atoms with E-state index in [2.05, 4.69) is 26.1 Å². The Balaban J connectivity index is 1.70. The maximum atomic E-state index is 12.6. The fraction of sp³-hybridized carbons (Fsp3) is 0.542. The second kappa shape index (κ2) is 9.82. The first-order valence-corrected chi connectivity index (χ1v) is 11.5.